The minimum Gasteiger partial charge on any atom is -0.490 e. The second-order valence-electron chi connectivity index (χ2n) is 4.00. The molecule has 0 saturated heterocycles. The first-order chi connectivity index (χ1) is 8.90. The van der Waals surface area contributed by atoms with Gasteiger partial charge in [0.15, 0.2) is 0 Å². The molecule has 1 atom stereocenters. The van der Waals surface area contributed by atoms with Crippen molar-refractivity contribution in [3.05, 3.63) is 24.0 Å². The maximum atomic E-state index is 11.7. The summed E-state index contributed by atoms with van der Waals surface area (Å²) in [6.07, 6.45) is -1.64. The van der Waals surface area contributed by atoms with E-state index >= 15 is 0 Å². The number of ether oxygens (including phenoxy) is 2. The zero-order valence-electron chi connectivity index (χ0n) is 10.6. The Morgan fingerprint density at radius 2 is 2.05 bits per heavy atom. The van der Waals surface area contributed by atoms with E-state index in [-0.39, 0.29) is 12.6 Å². The second kappa shape index (κ2) is 7.30. The topological polar surface area (TPSA) is 57.4 Å². The molecule has 0 fully saturated rings. The second-order valence-corrected chi connectivity index (χ2v) is 4.00. The minimum absolute atomic E-state index is 0.0550. The van der Waals surface area contributed by atoms with E-state index in [1.807, 2.05) is 6.92 Å². The van der Waals surface area contributed by atoms with Crippen LogP contribution in [0.1, 0.15) is 19.0 Å². The molecule has 19 heavy (non-hydrogen) atoms. The summed E-state index contributed by atoms with van der Waals surface area (Å²) in [5.41, 5.74) is 6.61. The molecule has 0 saturated carbocycles. The van der Waals surface area contributed by atoms with E-state index in [0.29, 0.717) is 12.2 Å². The lowest BCUT2D eigenvalue weighted by Gasteiger charge is -2.10. The van der Waals surface area contributed by atoms with Gasteiger partial charge in [0.25, 0.3) is 0 Å². The Hall–Kier alpha value is -1.34. The van der Waals surface area contributed by atoms with Gasteiger partial charge in [0.1, 0.15) is 12.4 Å². The number of hydrogen-bond donors (Lipinski definition) is 1. The van der Waals surface area contributed by atoms with Gasteiger partial charge < -0.3 is 10.5 Å². The van der Waals surface area contributed by atoms with E-state index in [1.54, 1.807) is 12.1 Å². The molecule has 0 spiro atoms. The van der Waals surface area contributed by atoms with Crippen LogP contribution in [0, 0.1) is 0 Å². The van der Waals surface area contributed by atoms with E-state index in [0.717, 1.165) is 12.1 Å². The van der Waals surface area contributed by atoms with Crippen LogP contribution in [0.25, 0.3) is 0 Å². The largest absolute Gasteiger partial charge is 0.522 e. The van der Waals surface area contributed by atoms with Crippen molar-refractivity contribution in [1.29, 1.82) is 0 Å². The van der Waals surface area contributed by atoms with Gasteiger partial charge in [-0.15, -0.1) is 13.2 Å². The number of nitrogens with two attached hydrogens (primary N) is 1. The molecule has 1 aromatic heterocycles. The maximum Gasteiger partial charge on any atom is 0.522 e. The summed E-state index contributed by atoms with van der Waals surface area (Å²) >= 11 is 0. The molecular weight excluding hydrogens is 261 g/mol. The van der Waals surface area contributed by atoms with Crippen molar-refractivity contribution in [2.45, 2.75) is 32.2 Å². The van der Waals surface area contributed by atoms with E-state index in [9.17, 15) is 13.2 Å². The highest BCUT2D eigenvalue weighted by molar-refractivity contribution is 5.20. The monoisotopic (exact) mass is 278 g/mol. The van der Waals surface area contributed by atoms with Gasteiger partial charge in [-0.05, 0) is 18.6 Å². The van der Waals surface area contributed by atoms with Gasteiger partial charge in [0.2, 0.25) is 0 Å². The number of hydrogen-bond acceptors (Lipinski definition) is 4. The van der Waals surface area contributed by atoms with Crippen molar-refractivity contribution in [3.63, 3.8) is 0 Å². The van der Waals surface area contributed by atoms with Gasteiger partial charge in [0.05, 0.1) is 12.8 Å². The molecule has 4 nitrogen and oxygen atoms in total. The standard InChI is InChI=1S/C12H17F3N2O2/c1-2-9(16)7-10-3-4-11(8-17-10)18-5-6-19-12(13,14)15/h3-4,8-9H,2,5-7,16H2,1H3. The zero-order valence-corrected chi connectivity index (χ0v) is 10.6. The van der Waals surface area contributed by atoms with Crippen LogP contribution in [0.4, 0.5) is 13.2 Å². The third-order valence-corrected chi connectivity index (χ3v) is 2.41. The SMILES string of the molecule is CCC(N)Cc1ccc(OCCOC(F)(F)F)cn1. The Bertz CT molecular complexity index is 368. The lowest BCUT2D eigenvalue weighted by molar-refractivity contribution is -0.325. The molecule has 2 N–H and O–H groups in total. The Kier molecular flexibility index (Phi) is 6.04. The van der Waals surface area contributed by atoms with Crippen LogP contribution < -0.4 is 10.5 Å². The average Bonchev–Trinajstić information content (AvgIpc) is 2.35. The summed E-state index contributed by atoms with van der Waals surface area (Å²) in [5.74, 6) is 0.402. The molecule has 0 aliphatic rings. The maximum absolute atomic E-state index is 11.7. The zero-order chi connectivity index (χ0) is 14.3. The summed E-state index contributed by atoms with van der Waals surface area (Å²) in [6, 6.07) is 3.45. The summed E-state index contributed by atoms with van der Waals surface area (Å²) in [5, 5.41) is 0. The van der Waals surface area contributed by atoms with Crippen LogP contribution in [-0.2, 0) is 11.2 Å². The van der Waals surface area contributed by atoms with E-state index in [4.69, 9.17) is 10.5 Å². The average molecular weight is 278 g/mol. The van der Waals surface area contributed by atoms with Gasteiger partial charge in [-0.3, -0.25) is 9.72 Å². The highest BCUT2D eigenvalue weighted by Crippen LogP contribution is 2.16. The highest BCUT2D eigenvalue weighted by Gasteiger charge is 2.28. The molecule has 1 aromatic rings. The summed E-state index contributed by atoms with van der Waals surface area (Å²) in [7, 11) is 0. The number of halogens is 3. The van der Waals surface area contributed by atoms with Gasteiger partial charge in [-0.25, -0.2) is 0 Å². The van der Waals surface area contributed by atoms with Crippen LogP contribution in [0.15, 0.2) is 18.3 Å². The third kappa shape index (κ3) is 6.97. The van der Waals surface area contributed by atoms with Crippen molar-refractivity contribution in [2.75, 3.05) is 13.2 Å². The minimum atomic E-state index is -4.62. The van der Waals surface area contributed by atoms with E-state index in [2.05, 4.69) is 9.72 Å². The van der Waals surface area contributed by atoms with Crippen molar-refractivity contribution in [1.82, 2.24) is 4.98 Å². The Morgan fingerprint density at radius 3 is 2.58 bits per heavy atom. The fourth-order valence-electron chi connectivity index (χ4n) is 1.35. The molecule has 0 bridgehead atoms. The molecule has 1 rings (SSSR count). The highest BCUT2D eigenvalue weighted by atomic mass is 19.4. The van der Waals surface area contributed by atoms with Crippen LogP contribution >= 0.6 is 0 Å². The fraction of sp³-hybridized carbons (Fsp3) is 0.583. The molecule has 0 aromatic carbocycles. The Balaban J connectivity index is 2.32. The summed E-state index contributed by atoms with van der Waals surface area (Å²) < 4.78 is 43.7. The predicted molar refractivity (Wildman–Crippen MR) is 63.7 cm³/mol. The van der Waals surface area contributed by atoms with Crippen LogP contribution in [-0.4, -0.2) is 30.6 Å². The van der Waals surface area contributed by atoms with Crippen LogP contribution in [0.5, 0.6) is 5.75 Å². The number of alkyl halides is 3. The van der Waals surface area contributed by atoms with Crippen LogP contribution in [0.3, 0.4) is 0 Å². The molecule has 0 aliphatic carbocycles. The quantitative estimate of drug-likeness (QED) is 0.777. The van der Waals surface area contributed by atoms with Crippen molar-refractivity contribution in [2.24, 2.45) is 5.73 Å². The smallest absolute Gasteiger partial charge is 0.490 e. The molecule has 0 aliphatic heterocycles. The van der Waals surface area contributed by atoms with Gasteiger partial charge >= 0.3 is 6.36 Å². The summed E-state index contributed by atoms with van der Waals surface area (Å²) in [4.78, 5) is 4.13. The van der Waals surface area contributed by atoms with Gasteiger partial charge in [0, 0.05) is 18.2 Å². The number of rotatable bonds is 7. The normalized spacial score (nSPS) is 13.3. The first-order valence-corrected chi connectivity index (χ1v) is 5.94. The molecular formula is C12H17F3N2O2. The predicted octanol–water partition coefficient (Wildman–Crippen LogP) is 2.28. The van der Waals surface area contributed by atoms with Gasteiger partial charge in [-0.1, -0.05) is 6.92 Å². The van der Waals surface area contributed by atoms with E-state index < -0.39 is 13.0 Å². The van der Waals surface area contributed by atoms with Gasteiger partial charge in [-0.2, -0.15) is 0 Å². The molecule has 7 heteroatoms. The lowest BCUT2D eigenvalue weighted by atomic mass is 10.1. The van der Waals surface area contributed by atoms with Crippen molar-refractivity contribution >= 4 is 0 Å². The van der Waals surface area contributed by atoms with Crippen LogP contribution in [0.2, 0.25) is 0 Å². The molecule has 108 valence electrons. The summed E-state index contributed by atoms with van der Waals surface area (Å²) in [6.45, 7) is 1.25. The molecule has 0 radical (unpaired) electrons. The fourth-order valence-corrected chi connectivity index (χ4v) is 1.35. The Labute approximate surface area is 109 Å². The number of aromatic nitrogens is 1. The number of nitrogens with zero attached hydrogens (tertiary/aromatic N) is 1. The number of pyridine rings is 1. The third-order valence-electron chi connectivity index (χ3n) is 2.41. The first kappa shape index (κ1) is 15.7. The first-order valence-electron chi connectivity index (χ1n) is 5.94. The van der Waals surface area contributed by atoms with Crippen molar-refractivity contribution in [3.8, 4) is 5.75 Å². The van der Waals surface area contributed by atoms with Crippen molar-refractivity contribution < 1.29 is 22.6 Å². The molecule has 0 amide bonds. The van der Waals surface area contributed by atoms with E-state index in [1.165, 1.54) is 6.20 Å². The molecule has 1 heterocycles. The Morgan fingerprint density at radius 1 is 1.32 bits per heavy atom. The molecule has 1 unspecified atom stereocenters. The lowest BCUT2D eigenvalue weighted by Crippen LogP contribution is -2.21.